The van der Waals surface area contributed by atoms with Gasteiger partial charge in [-0.2, -0.15) is 0 Å². The van der Waals surface area contributed by atoms with Gasteiger partial charge in [-0.1, -0.05) is 25.1 Å². The van der Waals surface area contributed by atoms with E-state index in [0.29, 0.717) is 18.2 Å². The van der Waals surface area contributed by atoms with Crippen molar-refractivity contribution in [2.75, 3.05) is 25.0 Å². The Hall–Kier alpha value is -2.73. The highest BCUT2D eigenvalue weighted by Gasteiger charge is 2.21. The summed E-state index contributed by atoms with van der Waals surface area (Å²) in [7, 11) is 0. The lowest BCUT2D eigenvalue weighted by atomic mass is 9.96. The van der Waals surface area contributed by atoms with Gasteiger partial charge in [-0.15, -0.1) is 0 Å². The lowest BCUT2D eigenvalue weighted by Crippen LogP contribution is -2.41. The molecule has 0 unspecified atom stereocenters. The molecule has 0 spiro atoms. The number of anilines is 1. The molecule has 6 nitrogen and oxygen atoms in total. The first-order valence-corrected chi connectivity index (χ1v) is 9.94. The SMILES string of the molecule is CCc1ccc(NC(=O)C(=O)NCC2CCN(Cc3ccccn3)CC2)cc1. The number of hydrogen-bond donors (Lipinski definition) is 2. The average molecular weight is 380 g/mol. The molecule has 1 fully saturated rings. The van der Waals surface area contributed by atoms with Crippen molar-refractivity contribution in [1.82, 2.24) is 15.2 Å². The van der Waals surface area contributed by atoms with E-state index in [2.05, 4.69) is 27.4 Å². The molecule has 1 aromatic heterocycles. The molecule has 0 saturated carbocycles. The minimum atomic E-state index is -0.614. The van der Waals surface area contributed by atoms with Crippen molar-refractivity contribution in [1.29, 1.82) is 0 Å². The number of hydrogen-bond acceptors (Lipinski definition) is 4. The Morgan fingerprint density at radius 2 is 1.82 bits per heavy atom. The van der Waals surface area contributed by atoms with E-state index in [-0.39, 0.29) is 0 Å². The van der Waals surface area contributed by atoms with E-state index in [1.165, 1.54) is 5.56 Å². The van der Waals surface area contributed by atoms with E-state index in [9.17, 15) is 9.59 Å². The van der Waals surface area contributed by atoms with Gasteiger partial charge in [0.2, 0.25) is 0 Å². The van der Waals surface area contributed by atoms with Crippen molar-refractivity contribution in [2.45, 2.75) is 32.7 Å². The standard InChI is InChI=1S/C22H28N4O2/c1-2-17-6-8-19(9-7-17)25-22(28)21(27)24-15-18-10-13-26(14-11-18)16-20-5-3-4-12-23-20/h3-9,12,18H,2,10-11,13-16H2,1H3,(H,24,27)(H,25,28). The lowest BCUT2D eigenvalue weighted by Gasteiger charge is -2.31. The summed E-state index contributed by atoms with van der Waals surface area (Å²) in [6, 6.07) is 13.5. The minimum Gasteiger partial charge on any atom is -0.348 e. The molecule has 1 aromatic carbocycles. The normalized spacial score (nSPS) is 15.2. The first kappa shape index (κ1) is 20.0. The summed E-state index contributed by atoms with van der Waals surface area (Å²) >= 11 is 0. The van der Waals surface area contributed by atoms with Gasteiger partial charge in [0.25, 0.3) is 0 Å². The fraction of sp³-hybridized carbons (Fsp3) is 0.409. The van der Waals surface area contributed by atoms with E-state index in [1.54, 1.807) is 0 Å². The summed E-state index contributed by atoms with van der Waals surface area (Å²) in [5, 5.41) is 5.43. The molecule has 1 aliphatic rings. The van der Waals surface area contributed by atoms with Crippen molar-refractivity contribution >= 4 is 17.5 Å². The van der Waals surface area contributed by atoms with Crippen LogP contribution >= 0.6 is 0 Å². The predicted molar refractivity (Wildman–Crippen MR) is 110 cm³/mol. The summed E-state index contributed by atoms with van der Waals surface area (Å²) in [5.41, 5.74) is 2.91. The number of aromatic nitrogens is 1. The molecule has 3 rings (SSSR count). The van der Waals surface area contributed by atoms with Crippen LogP contribution in [0.2, 0.25) is 0 Å². The van der Waals surface area contributed by atoms with Crippen molar-refractivity contribution in [3.05, 3.63) is 59.9 Å². The highest BCUT2D eigenvalue weighted by Crippen LogP contribution is 2.18. The van der Waals surface area contributed by atoms with Crippen LogP contribution in [-0.4, -0.2) is 41.3 Å². The Morgan fingerprint density at radius 1 is 1.07 bits per heavy atom. The van der Waals surface area contributed by atoms with E-state index in [4.69, 9.17) is 0 Å². The number of aryl methyl sites for hydroxylation is 1. The molecule has 2 aromatic rings. The summed E-state index contributed by atoms with van der Waals surface area (Å²) in [5.74, 6) is -0.784. The Balaban J connectivity index is 1.37. The molecule has 2 N–H and O–H groups in total. The highest BCUT2D eigenvalue weighted by atomic mass is 16.2. The molecule has 0 aliphatic carbocycles. The summed E-state index contributed by atoms with van der Waals surface area (Å²) in [4.78, 5) is 30.9. The third kappa shape index (κ3) is 5.89. The third-order valence-electron chi connectivity index (χ3n) is 5.20. The molecule has 148 valence electrons. The number of pyridine rings is 1. The summed E-state index contributed by atoms with van der Waals surface area (Å²) in [6.07, 6.45) is 4.77. The number of carbonyl (C=O) groups excluding carboxylic acids is 2. The fourth-order valence-corrected chi connectivity index (χ4v) is 3.40. The third-order valence-corrected chi connectivity index (χ3v) is 5.20. The van der Waals surface area contributed by atoms with Gasteiger partial charge in [-0.05, 0) is 68.1 Å². The molecule has 28 heavy (non-hydrogen) atoms. The number of nitrogens with one attached hydrogen (secondary N) is 2. The van der Waals surface area contributed by atoms with Crippen LogP contribution in [0.4, 0.5) is 5.69 Å². The Bertz CT molecular complexity index is 769. The van der Waals surface area contributed by atoms with Crippen molar-refractivity contribution in [3.63, 3.8) is 0 Å². The summed E-state index contributed by atoms with van der Waals surface area (Å²) in [6.45, 7) is 5.43. The molecule has 0 bridgehead atoms. The molecule has 2 heterocycles. The Labute approximate surface area is 166 Å². The quantitative estimate of drug-likeness (QED) is 0.756. The monoisotopic (exact) mass is 380 g/mol. The molecular weight excluding hydrogens is 352 g/mol. The van der Waals surface area contributed by atoms with Crippen molar-refractivity contribution in [2.24, 2.45) is 5.92 Å². The largest absolute Gasteiger partial charge is 0.348 e. The number of rotatable bonds is 6. The molecule has 1 saturated heterocycles. The first-order chi connectivity index (χ1) is 13.6. The summed E-state index contributed by atoms with van der Waals surface area (Å²) < 4.78 is 0. The number of piperidine rings is 1. The van der Waals surface area contributed by atoms with Crippen LogP contribution in [0.3, 0.4) is 0 Å². The smallest absolute Gasteiger partial charge is 0.313 e. The van der Waals surface area contributed by atoms with Crippen LogP contribution in [-0.2, 0) is 22.6 Å². The Morgan fingerprint density at radius 3 is 2.46 bits per heavy atom. The first-order valence-electron chi connectivity index (χ1n) is 9.94. The van der Waals surface area contributed by atoms with Crippen LogP contribution in [0, 0.1) is 5.92 Å². The fourth-order valence-electron chi connectivity index (χ4n) is 3.40. The van der Waals surface area contributed by atoms with Gasteiger partial charge in [0.1, 0.15) is 0 Å². The molecule has 0 atom stereocenters. The zero-order chi connectivity index (χ0) is 19.8. The van der Waals surface area contributed by atoms with E-state index < -0.39 is 11.8 Å². The second-order valence-corrected chi connectivity index (χ2v) is 7.26. The second-order valence-electron chi connectivity index (χ2n) is 7.26. The van der Waals surface area contributed by atoms with Gasteiger partial charge in [0, 0.05) is 25.0 Å². The Kier molecular flexibility index (Phi) is 7.14. The number of nitrogens with zero attached hydrogens (tertiary/aromatic N) is 2. The van der Waals surface area contributed by atoms with Gasteiger partial charge < -0.3 is 10.6 Å². The average Bonchev–Trinajstić information content (AvgIpc) is 2.74. The number of benzene rings is 1. The maximum absolute atomic E-state index is 12.1. The second kappa shape index (κ2) is 9.99. The van der Waals surface area contributed by atoms with Crippen LogP contribution in [0.5, 0.6) is 0 Å². The van der Waals surface area contributed by atoms with E-state index in [1.807, 2.05) is 48.7 Å². The van der Waals surface area contributed by atoms with Crippen molar-refractivity contribution < 1.29 is 9.59 Å². The molecule has 2 amide bonds. The zero-order valence-electron chi connectivity index (χ0n) is 16.4. The van der Waals surface area contributed by atoms with Crippen LogP contribution in [0.1, 0.15) is 31.0 Å². The number of carbonyl (C=O) groups is 2. The lowest BCUT2D eigenvalue weighted by molar-refractivity contribution is -0.136. The molecular formula is C22H28N4O2. The van der Waals surface area contributed by atoms with Gasteiger partial charge >= 0.3 is 11.8 Å². The van der Waals surface area contributed by atoms with Crippen LogP contribution < -0.4 is 10.6 Å². The molecule has 1 aliphatic heterocycles. The maximum atomic E-state index is 12.1. The van der Waals surface area contributed by atoms with Gasteiger partial charge in [-0.25, -0.2) is 0 Å². The van der Waals surface area contributed by atoms with E-state index >= 15 is 0 Å². The topological polar surface area (TPSA) is 74.3 Å². The van der Waals surface area contributed by atoms with Crippen molar-refractivity contribution in [3.8, 4) is 0 Å². The van der Waals surface area contributed by atoms with Gasteiger partial charge in [-0.3, -0.25) is 19.5 Å². The maximum Gasteiger partial charge on any atom is 0.313 e. The van der Waals surface area contributed by atoms with Crippen LogP contribution in [0.25, 0.3) is 0 Å². The van der Waals surface area contributed by atoms with Gasteiger partial charge in [0.15, 0.2) is 0 Å². The van der Waals surface area contributed by atoms with Crippen LogP contribution in [0.15, 0.2) is 48.7 Å². The van der Waals surface area contributed by atoms with E-state index in [0.717, 1.165) is 44.6 Å². The van der Waals surface area contributed by atoms with Gasteiger partial charge in [0.05, 0.1) is 5.69 Å². The minimum absolute atomic E-state index is 0.403. The predicted octanol–water partition coefficient (Wildman–Crippen LogP) is 2.61. The number of likely N-dealkylation sites (tertiary alicyclic amines) is 1. The molecule has 0 radical (unpaired) electrons. The zero-order valence-corrected chi connectivity index (χ0v) is 16.4. The molecule has 6 heteroatoms. The number of amides is 2. The highest BCUT2D eigenvalue weighted by molar-refractivity contribution is 6.39.